The Balaban J connectivity index is 0.00000112. The average Bonchev–Trinajstić information content (AvgIpc) is 2.87. The van der Waals surface area contributed by atoms with Gasteiger partial charge in [-0.3, -0.25) is 0 Å². The standard InChI is InChI=1S/2C5H5.C2H5O.ClH.Hf/c2*1-2-4-5-3-1;1-2-3;;/h2*1-3H,4H2;2H2,1H3;1H;/q;;-1;;+1. The van der Waals surface area contributed by atoms with Crippen LogP contribution in [0, 0.1) is 0 Å². The Hall–Kier alpha value is 0.0801. The van der Waals surface area contributed by atoms with Crippen molar-refractivity contribution in [3.05, 3.63) is 43.1 Å². The van der Waals surface area contributed by atoms with Crippen LogP contribution < -0.4 is 0 Å². The van der Waals surface area contributed by atoms with Gasteiger partial charge in [-0.2, -0.15) is 0 Å². The Morgan fingerprint density at radius 2 is 1.67 bits per heavy atom. The quantitative estimate of drug-likeness (QED) is 0.666. The summed E-state index contributed by atoms with van der Waals surface area (Å²) in [6.45, 7) is 2.98. The van der Waals surface area contributed by atoms with Crippen LogP contribution in [0.5, 0.6) is 0 Å². The van der Waals surface area contributed by atoms with Gasteiger partial charge in [0.25, 0.3) is 0 Å². The first kappa shape index (κ1) is 13.1. The maximum Gasteiger partial charge on any atom is -0.147 e. The summed E-state index contributed by atoms with van der Waals surface area (Å²) in [4.78, 5) is 0. The number of halogens is 1. The molecular weight excluding hydrogens is 374 g/mol. The molecule has 1 nitrogen and oxygen atoms in total. The minimum atomic E-state index is -2.02. The van der Waals surface area contributed by atoms with E-state index in [4.69, 9.17) is 2.85 Å². The van der Waals surface area contributed by atoms with Gasteiger partial charge in [-0.1, -0.05) is 0 Å². The van der Waals surface area contributed by atoms with Gasteiger partial charge in [0, 0.05) is 0 Å². The first-order valence-corrected chi connectivity index (χ1v) is 10.2. The third-order valence-electron chi connectivity index (χ3n) is 2.41. The van der Waals surface area contributed by atoms with Crippen LogP contribution in [0.3, 0.4) is 0 Å². The molecule has 2 aliphatic rings. The van der Waals surface area contributed by atoms with Crippen molar-refractivity contribution in [2.45, 2.75) is 19.8 Å². The van der Waals surface area contributed by atoms with Crippen LogP contribution in [0.4, 0.5) is 0 Å². The Labute approximate surface area is 106 Å². The van der Waals surface area contributed by atoms with Crippen molar-refractivity contribution in [1.82, 2.24) is 0 Å². The van der Waals surface area contributed by atoms with Crippen molar-refractivity contribution in [1.29, 1.82) is 0 Å². The van der Waals surface area contributed by atoms with Crippen LogP contribution in [0.1, 0.15) is 19.8 Å². The zero-order valence-corrected chi connectivity index (χ0v) is 13.3. The predicted octanol–water partition coefficient (Wildman–Crippen LogP) is 3.67. The minimum absolute atomic E-state index is 0. The second-order valence-corrected chi connectivity index (χ2v) is 11.4. The number of rotatable bonds is 4. The second-order valence-electron chi connectivity index (χ2n) is 3.41. The molecule has 0 aromatic carbocycles. The second kappa shape index (κ2) is 6.62. The van der Waals surface area contributed by atoms with E-state index in [1.54, 1.807) is 6.66 Å². The molecule has 0 radical (unpaired) electrons. The first-order valence-electron chi connectivity index (χ1n) is 5.13. The average molecular weight is 390 g/mol. The van der Waals surface area contributed by atoms with Crippen molar-refractivity contribution in [2.75, 3.05) is 6.61 Å². The minimum Gasteiger partial charge on any atom is -0.147 e. The number of hydrogen-bond donors (Lipinski definition) is 0. The largest absolute Gasteiger partial charge is 0.147 e. The summed E-state index contributed by atoms with van der Waals surface area (Å²) in [5.41, 5.74) is 0. The molecule has 0 saturated carbocycles. The number of hydrogen-bond acceptors (Lipinski definition) is 1. The van der Waals surface area contributed by atoms with Crippen LogP contribution >= 0.6 is 12.4 Å². The fraction of sp³-hybridized carbons (Fsp3) is 0.333. The van der Waals surface area contributed by atoms with E-state index >= 15 is 0 Å². The molecule has 3 heteroatoms. The normalized spacial score (nSPS) is 17.4. The molecular formula is C12H16ClHfO. The number of allylic oxidation sites excluding steroid dienone is 8. The van der Waals surface area contributed by atoms with Gasteiger partial charge < -0.3 is 0 Å². The molecule has 15 heavy (non-hydrogen) atoms. The van der Waals surface area contributed by atoms with Gasteiger partial charge in [0.2, 0.25) is 0 Å². The molecule has 0 N–H and O–H groups in total. The van der Waals surface area contributed by atoms with Gasteiger partial charge in [-0.05, 0) is 0 Å². The summed E-state index contributed by atoms with van der Waals surface area (Å²) in [6.07, 6.45) is 15.6. The Morgan fingerprint density at radius 1 is 1.13 bits per heavy atom. The van der Waals surface area contributed by atoms with Gasteiger partial charge >= 0.3 is 94.2 Å². The third kappa shape index (κ3) is 3.27. The summed E-state index contributed by atoms with van der Waals surface area (Å²) in [5, 5.41) is 0. The van der Waals surface area contributed by atoms with Gasteiger partial charge in [-0.25, -0.2) is 0 Å². The van der Waals surface area contributed by atoms with E-state index in [2.05, 4.69) is 43.4 Å². The molecule has 0 fully saturated rings. The van der Waals surface area contributed by atoms with Crippen molar-refractivity contribution in [2.24, 2.45) is 0 Å². The van der Waals surface area contributed by atoms with Crippen molar-refractivity contribution < 1.29 is 24.7 Å². The molecule has 0 atom stereocenters. The molecule has 0 aromatic rings. The summed E-state index contributed by atoms with van der Waals surface area (Å²) < 4.78 is 9.21. The molecule has 0 spiro atoms. The van der Waals surface area contributed by atoms with Crippen LogP contribution in [-0.4, -0.2) is 6.61 Å². The maximum atomic E-state index is 6.01. The summed E-state index contributed by atoms with van der Waals surface area (Å²) in [7, 11) is 0. The summed E-state index contributed by atoms with van der Waals surface area (Å²) in [5.74, 6) is 0. The van der Waals surface area contributed by atoms with E-state index in [-0.39, 0.29) is 12.4 Å². The van der Waals surface area contributed by atoms with E-state index < -0.39 is 21.9 Å². The van der Waals surface area contributed by atoms with Crippen LogP contribution in [-0.2, 0) is 24.7 Å². The van der Waals surface area contributed by atoms with E-state index in [1.807, 2.05) is 0 Å². The molecule has 2 aliphatic carbocycles. The topological polar surface area (TPSA) is 9.23 Å². The zero-order valence-electron chi connectivity index (χ0n) is 8.90. The molecule has 81 valence electrons. The smallest absolute Gasteiger partial charge is 0.147 e. The summed E-state index contributed by atoms with van der Waals surface area (Å²) in [6, 6.07) is 0. The molecule has 0 aliphatic heterocycles. The van der Waals surface area contributed by atoms with E-state index in [9.17, 15) is 0 Å². The van der Waals surface area contributed by atoms with Crippen LogP contribution in [0.15, 0.2) is 43.1 Å². The fourth-order valence-corrected chi connectivity index (χ4v) is 9.58. The Kier molecular flexibility index (Phi) is 5.80. The monoisotopic (exact) mass is 391 g/mol. The molecule has 0 unspecified atom stereocenters. The van der Waals surface area contributed by atoms with Crippen molar-refractivity contribution >= 4 is 12.4 Å². The molecule has 0 aromatic heterocycles. The summed E-state index contributed by atoms with van der Waals surface area (Å²) >= 11 is -2.02. The zero-order chi connectivity index (χ0) is 9.80. The van der Waals surface area contributed by atoms with Crippen molar-refractivity contribution in [3.8, 4) is 0 Å². The molecule has 0 saturated heterocycles. The molecule has 2 rings (SSSR count). The van der Waals surface area contributed by atoms with Gasteiger partial charge in [0.1, 0.15) is 0 Å². The Morgan fingerprint density at radius 3 is 2.00 bits per heavy atom. The third-order valence-corrected chi connectivity index (χ3v) is 11.3. The van der Waals surface area contributed by atoms with E-state index in [1.165, 1.54) is 0 Å². The SMILES string of the molecule is CC[O][Hf]([C]1=CC=CC1)[C]1=CC=CC1.Cl. The van der Waals surface area contributed by atoms with Gasteiger partial charge in [-0.15, -0.1) is 12.4 Å². The molecule has 0 heterocycles. The fourth-order valence-electron chi connectivity index (χ4n) is 1.77. The van der Waals surface area contributed by atoms with E-state index in [0.29, 0.717) is 0 Å². The first-order chi connectivity index (χ1) is 6.92. The predicted molar refractivity (Wildman–Crippen MR) is 62.6 cm³/mol. The van der Waals surface area contributed by atoms with E-state index in [0.717, 1.165) is 19.4 Å². The molecule has 0 bridgehead atoms. The van der Waals surface area contributed by atoms with Crippen LogP contribution in [0.2, 0.25) is 0 Å². The van der Waals surface area contributed by atoms with Gasteiger partial charge in [0.15, 0.2) is 0 Å². The van der Waals surface area contributed by atoms with Gasteiger partial charge in [0.05, 0.1) is 0 Å². The Bertz CT molecular complexity index is 299. The maximum absolute atomic E-state index is 6.01. The molecule has 0 amide bonds. The van der Waals surface area contributed by atoms with Crippen molar-refractivity contribution in [3.63, 3.8) is 0 Å². The van der Waals surface area contributed by atoms with Crippen LogP contribution in [0.25, 0.3) is 0 Å².